The van der Waals surface area contributed by atoms with Crippen molar-refractivity contribution < 1.29 is 4.79 Å². The third-order valence-electron chi connectivity index (χ3n) is 2.52. The maximum Gasteiger partial charge on any atom is 0.234 e. The van der Waals surface area contributed by atoms with Crippen LogP contribution in [0.2, 0.25) is 0 Å². The summed E-state index contributed by atoms with van der Waals surface area (Å²) < 4.78 is 0. The molecule has 0 fully saturated rings. The van der Waals surface area contributed by atoms with Crippen molar-refractivity contribution in [3.05, 3.63) is 42.2 Å². The molecule has 6 heteroatoms. The van der Waals surface area contributed by atoms with Crippen LogP contribution < -0.4 is 11.1 Å². The van der Waals surface area contributed by atoms with Gasteiger partial charge in [-0.2, -0.15) is 0 Å². The lowest BCUT2D eigenvalue weighted by atomic mass is 10.1. The Balaban J connectivity index is 1.93. The van der Waals surface area contributed by atoms with E-state index in [1.807, 2.05) is 19.1 Å². The fourth-order valence-electron chi connectivity index (χ4n) is 1.47. The van der Waals surface area contributed by atoms with Crippen LogP contribution in [0.25, 0.3) is 0 Å². The fourth-order valence-corrected chi connectivity index (χ4v) is 2.07. The first-order valence-electron chi connectivity index (χ1n) is 5.71. The highest BCUT2D eigenvalue weighted by Crippen LogP contribution is 2.21. The van der Waals surface area contributed by atoms with Crippen molar-refractivity contribution in [3.8, 4) is 0 Å². The molecule has 0 saturated heterocycles. The summed E-state index contributed by atoms with van der Waals surface area (Å²) >= 11 is 1.29. The Labute approximate surface area is 115 Å². The lowest BCUT2D eigenvalue weighted by Crippen LogP contribution is -2.15. The van der Waals surface area contributed by atoms with Crippen LogP contribution >= 0.6 is 11.8 Å². The van der Waals surface area contributed by atoms with Gasteiger partial charge < -0.3 is 11.1 Å². The maximum absolute atomic E-state index is 11.8. The maximum atomic E-state index is 11.8. The molecule has 0 aliphatic heterocycles. The minimum atomic E-state index is -0.105. The molecular formula is C13H14N4OS. The molecule has 5 nitrogen and oxygen atoms in total. The average Bonchev–Trinajstić information content (AvgIpc) is 2.43. The highest BCUT2D eigenvalue weighted by Gasteiger charge is 2.07. The van der Waals surface area contributed by atoms with Gasteiger partial charge in [0.15, 0.2) is 5.16 Å². The van der Waals surface area contributed by atoms with Gasteiger partial charge in [-0.15, -0.1) is 0 Å². The minimum Gasteiger partial charge on any atom is -0.398 e. The molecule has 2 aromatic rings. The summed E-state index contributed by atoms with van der Waals surface area (Å²) in [6.07, 6.45) is 3.30. The number of rotatable bonds is 4. The van der Waals surface area contributed by atoms with Crippen LogP contribution in [0.4, 0.5) is 11.4 Å². The number of aromatic nitrogens is 2. The van der Waals surface area contributed by atoms with E-state index < -0.39 is 0 Å². The van der Waals surface area contributed by atoms with Crippen molar-refractivity contribution >= 4 is 29.0 Å². The second-order valence-electron chi connectivity index (χ2n) is 3.89. The number of carbonyl (C=O) groups excluding carboxylic acids is 1. The van der Waals surface area contributed by atoms with E-state index >= 15 is 0 Å². The Kier molecular flexibility index (Phi) is 4.35. The molecule has 19 heavy (non-hydrogen) atoms. The number of hydrogen-bond donors (Lipinski definition) is 2. The highest BCUT2D eigenvalue weighted by atomic mass is 32.2. The third kappa shape index (κ3) is 3.69. The van der Waals surface area contributed by atoms with Crippen LogP contribution in [0, 0.1) is 6.92 Å². The standard InChI is InChI=1S/C13H14N4OS/c1-9-10(14)4-2-5-11(9)17-12(18)8-19-13-15-6-3-7-16-13/h2-7H,8,14H2,1H3,(H,17,18). The number of nitrogens with one attached hydrogen (secondary N) is 1. The fraction of sp³-hybridized carbons (Fsp3) is 0.154. The van der Waals surface area contributed by atoms with Gasteiger partial charge in [-0.1, -0.05) is 17.8 Å². The van der Waals surface area contributed by atoms with Crippen molar-refractivity contribution in [2.24, 2.45) is 0 Å². The van der Waals surface area contributed by atoms with E-state index in [0.29, 0.717) is 10.8 Å². The lowest BCUT2D eigenvalue weighted by molar-refractivity contribution is -0.113. The molecule has 0 aliphatic carbocycles. The zero-order valence-corrected chi connectivity index (χ0v) is 11.3. The Morgan fingerprint density at radius 1 is 1.32 bits per heavy atom. The summed E-state index contributed by atoms with van der Waals surface area (Å²) in [7, 11) is 0. The number of amides is 1. The van der Waals surface area contributed by atoms with E-state index in [2.05, 4.69) is 15.3 Å². The van der Waals surface area contributed by atoms with E-state index in [4.69, 9.17) is 5.73 Å². The summed E-state index contributed by atoms with van der Waals surface area (Å²) in [4.78, 5) is 19.9. The second-order valence-corrected chi connectivity index (χ2v) is 4.83. The van der Waals surface area contributed by atoms with Gasteiger partial charge in [0.1, 0.15) is 0 Å². The van der Waals surface area contributed by atoms with Crippen LogP contribution in [-0.4, -0.2) is 21.6 Å². The lowest BCUT2D eigenvalue weighted by Gasteiger charge is -2.09. The number of thioether (sulfide) groups is 1. The quantitative estimate of drug-likeness (QED) is 0.507. The molecule has 0 bridgehead atoms. The summed E-state index contributed by atoms with van der Waals surface area (Å²) in [6.45, 7) is 1.87. The predicted molar refractivity (Wildman–Crippen MR) is 77.0 cm³/mol. The smallest absolute Gasteiger partial charge is 0.234 e. The number of hydrogen-bond acceptors (Lipinski definition) is 5. The first kappa shape index (κ1) is 13.4. The van der Waals surface area contributed by atoms with E-state index in [0.717, 1.165) is 11.3 Å². The molecule has 1 aromatic heterocycles. The van der Waals surface area contributed by atoms with Crippen molar-refractivity contribution in [3.63, 3.8) is 0 Å². The Morgan fingerprint density at radius 2 is 2.05 bits per heavy atom. The van der Waals surface area contributed by atoms with Crippen molar-refractivity contribution in [2.75, 3.05) is 16.8 Å². The van der Waals surface area contributed by atoms with Crippen molar-refractivity contribution in [2.45, 2.75) is 12.1 Å². The number of benzene rings is 1. The van der Waals surface area contributed by atoms with Gasteiger partial charge in [0.2, 0.25) is 5.91 Å². The Hall–Kier alpha value is -2.08. The Morgan fingerprint density at radius 3 is 2.79 bits per heavy atom. The summed E-state index contributed by atoms with van der Waals surface area (Å²) in [5.74, 6) is 0.157. The number of carbonyl (C=O) groups is 1. The van der Waals surface area contributed by atoms with Gasteiger partial charge >= 0.3 is 0 Å². The van der Waals surface area contributed by atoms with Gasteiger partial charge in [0.05, 0.1) is 5.75 Å². The number of nitrogens with zero attached hydrogens (tertiary/aromatic N) is 2. The molecule has 0 radical (unpaired) electrons. The average molecular weight is 274 g/mol. The monoisotopic (exact) mass is 274 g/mol. The predicted octanol–water partition coefficient (Wildman–Crippen LogP) is 2.10. The molecule has 0 spiro atoms. The van der Waals surface area contributed by atoms with Gasteiger partial charge in [0, 0.05) is 23.8 Å². The molecule has 98 valence electrons. The normalized spacial score (nSPS) is 10.2. The van der Waals surface area contributed by atoms with Crippen LogP contribution in [0.15, 0.2) is 41.8 Å². The van der Waals surface area contributed by atoms with Crippen molar-refractivity contribution in [1.29, 1.82) is 0 Å². The number of anilines is 2. The van der Waals surface area contributed by atoms with Gasteiger partial charge in [-0.3, -0.25) is 4.79 Å². The summed E-state index contributed by atoms with van der Waals surface area (Å²) in [6, 6.07) is 7.18. The Bertz CT molecular complexity index is 574. The molecule has 2 rings (SSSR count). The van der Waals surface area contributed by atoms with Crippen molar-refractivity contribution in [1.82, 2.24) is 9.97 Å². The van der Waals surface area contributed by atoms with Gasteiger partial charge in [-0.25, -0.2) is 9.97 Å². The van der Waals surface area contributed by atoms with E-state index in [-0.39, 0.29) is 11.7 Å². The zero-order chi connectivity index (χ0) is 13.7. The van der Waals surface area contributed by atoms with E-state index in [9.17, 15) is 4.79 Å². The van der Waals surface area contributed by atoms with Gasteiger partial charge in [-0.05, 0) is 30.7 Å². The number of nitrogens with two attached hydrogens (primary N) is 1. The molecule has 0 atom stereocenters. The van der Waals surface area contributed by atoms with Crippen LogP contribution in [0.3, 0.4) is 0 Å². The topological polar surface area (TPSA) is 80.9 Å². The molecule has 0 unspecified atom stereocenters. The van der Waals surface area contributed by atoms with E-state index in [1.54, 1.807) is 24.5 Å². The second kappa shape index (κ2) is 6.19. The molecule has 3 N–H and O–H groups in total. The largest absolute Gasteiger partial charge is 0.398 e. The van der Waals surface area contributed by atoms with E-state index in [1.165, 1.54) is 11.8 Å². The SMILES string of the molecule is Cc1c(N)cccc1NC(=O)CSc1ncccn1. The van der Waals surface area contributed by atoms with Gasteiger partial charge in [0.25, 0.3) is 0 Å². The molecule has 0 aliphatic rings. The first-order valence-corrected chi connectivity index (χ1v) is 6.70. The summed E-state index contributed by atoms with van der Waals surface area (Å²) in [5, 5.41) is 3.41. The first-order chi connectivity index (χ1) is 9.16. The van der Waals surface area contributed by atoms with Crippen LogP contribution in [0.1, 0.15) is 5.56 Å². The molecule has 0 saturated carbocycles. The number of nitrogen functional groups attached to an aromatic ring is 1. The molecule has 1 amide bonds. The summed E-state index contributed by atoms with van der Waals surface area (Å²) in [5.41, 5.74) is 8.06. The molecule has 1 heterocycles. The van der Waals surface area contributed by atoms with Crippen LogP contribution in [0.5, 0.6) is 0 Å². The molecule has 1 aromatic carbocycles. The van der Waals surface area contributed by atoms with Crippen LogP contribution in [-0.2, 0) is 4.79 Å². The highest BCUT2D eigenvalue weighted by molar-refractivity contribution is 7.99. The third-order valence-corrected chi connectivity index (χ3v) is 3.40. The minimum absolute atomic E-state index is 0.105. The molecular weight excluding hydrogens is 260 g/mol. The zero-order valence-electron chi connectivity index (χ0n) is 10.5.